The largest absolute Gasteiger partial charge is 0.347 e. The van der Waals surface area contributed by atoms with Gasteiger partial charge in [0, 0.05) is 10.6 Å². The molecule has 22 heavy (non-hydrogen) atoms. The first-order valence-electron chi connectivity index (χ1n) is 7.01. The number of carbonyl (C=O) groups is 1. The Hall–Kier alpha value is -1.67. The molecule has 1 saturated heterocycles. The average Bonchev–Trinajstić information content (AvgIpc) is 3.16. The van der Waals surface area contributed by atoms with Crippen molar-refractivity contribution in [2.45, 2.75) is 25.9 Å². The van der Waals surface area contributed by atoms with Crippen molar-refractivity contribution in [1.82, 2.24) is 15.1 Å². The molecule has 0 aromatic carbocycles. The minimum absolute atomic E-state index is 0.103. The lowest BCUT2D eigenvalue weighted by Gasteiger charge is -2.11. The zero-order valence-corrected chi connectivity index (χ0v) is 13.8. The van der Waals surface area contributed by atoms with Crippen LogP contribution in [0.3, 0.4) is 0 Å². The van der Waals surface area contributed by atoms with Gasteiger partial charge in [-0.05, 0) is 24.8 Å². The maximum absolute atomic E-state index is 12.2. The van der Waals surface area contributed by atoms with Gasteiger partial charge in [0.1, 0.15) is 0 Å². The van der Waals surface area contributed by atoms with Crippen LogP contribution in [0.2, 0.25) is 0 Å². The molecule has 2 aromatic heterocycles. The summed E-state index contributed by atoms with van der Waals surface area (Å²) in [5.74, 6) is 0.112. The van der Waals surface area contributed by atoms with Crippen LogP contribution in [0.4, 0.5) is 0 Å². The molecule has 2 aromatic rings. The molecule has 1 atom stereocenters. The van der Waals surface area contributed by atoms with E-state index in [1.54, 1.807) is 22.9 Å². The predicted octanol–water partition coefficient (Wildman–Crippen LogP) is 1.54. The van der Waals surface area contributed by atoms with E-state index < -0.39 is 9.84 Å². The summed E-state index contributed by atoms with van der Waals surface area (Å²) in [5.41, 5.74) is 1.21. The van der Waals surface area contributed by atoms with E-state index in [2.05, 4.69) is 10.4 Å². The van der Waals surface area contributed by atoms with E-state index in [0.29, 0.717) is 24.2 Å². The van der Waals surface area contributed by atoms with Gasteiger partial charge in [0.05, 0.1) is 35.9 Å². The molecule has 0 unspecified atom stereocenters. The lowest BCUT2D eigenvalue weighted by Crippen LogP contribution is -2.23. The molecule has 8 heteroatoms. The Morgan fingerprint density at radius 2 is 2.36 bits per heavy atom. The number of nitrogens with one attached hydrogen (secondary N) is 1. The summed E-state index contributed by atoms with van der Waals surface area (Å²) < 4.78 is 24.8. The molecule has 6 nitrogen and oxygen atoms in total. The van der Waals surface area contributed by atoms with Crippen LogP contribution in [0.5, 0.6) is 0 Å². The number of aromatic nitrogens is 2. The first-order chi connectivity index (χ1) is 10.5. The summed E-state index contributed by atoms with van der Waals surface area (Å²) in [7, 11) is -2.97. The maximum atomic E-state index is 12.2. The Kier molecular flexibility index (Phi) is 4.05. The molecule has 118 valence electrons. The van der Waals surface area contributed by atoms with Gasteiger partial charge >= 0.3 is 0 Å². The van der Waals surface area contributed by atoms with Crippen LogP contribution in [0, 0.1) is 6.92 Å². The second-order valence-electron chi connectivity index (χ2n) is 5.41. The van der Waals surface area contributed by atoms with Crippen molar-refractivity contribution in [2.75, 3.05) is 11.5 Å². The van der Waals surface area contributed by atoms with Crippen molar-refractivity contribution in [1.29, 1.82) is 0 Å². The first-order valence-corrected chi connectivity index (χ1v) is 9.71. The van der Waals surface area contributed by atoms with Crippen molar-refractivity contribution in [3.8, 4) is 0 Å². The van der Waals surface area contributed by atoms with E-state index in [-0.39, 0.29) is 23.5 Å². The Morgan fingerprint density at radius 1 is 1.55 bits per heavy atom. The zero-order chi connectivity index (χ0) is 15.7. The normalized spacial score (nSPS) is 20.1. The van der Waals surface area contributed by atoms with Gasteiger partial charge in [-0.2, -0.15) is 5.10 Å². The number of hydrogen-bond acceptors (Lipinski definition) is 5. The molecular formula is C14H17N3O3S2. The van der Waals surface area contributed by atoms with Gasteiger partial charge in [-0.1, -0.05) is 6.07 Å². The number of carbonyl (C=O) groups excluding carboxylic acids is 1. The molecule has 1 N–H and O–H groups in total. The number of thiophene rings is 1. The van der Waals surface area contributed by atoms with E-state index >= 15 is 0 Å². The summed E-state index contributed by atoms with van der Waals surface area (Å²) in [5, 5.41) is 9.05. The Bertz CT molecular complexity index is 778. The Balaban J connectivity index is 1.71. The van der Waals surface area contributed by atoms with Gasteiger partial charge in [-0.15, -0.1) is 11.3 Å². The molecule has 3 heterocycles. The van der Waals surface area contributed by atoms with Crippen LogP contribution < -0.4 is 5.32 Å². The number of sulfone groups is 1. The zero-order valence-electron chi connectivity index (χ0n) is 12.2. The fraction of sp³-hybridized carbons (Fsp3) is 0.429. The highest BCUT2D eigenvalue weighted by Gasteiger charge is 2.31. The van der Waals surface area contributed by atoms with Crippen LogP contribution in [-0.2, 0) is 16.4 Å². The standard InChI is InChI=1S/C14H17N3O3S2/c1-10-13(14(18)15-7-12-3-2-5-21-12)8-16-17(10)11-4-6-22(19,20)9-11/h2-3,5,8,11H,4,6-7,9H2,1H3,(H,15,18)/t11-/m0/s1. The first kappa shape index (κ1) is 15.2. The Morgan fingerprint density at radius 3 is 3.00 bits per heavy atom. The van der Waals surface area contributed by atoms with E-state index in [0.717, 1.165) is 4.88 Å². The fourth-order valence-corrected chi connectivity index (χ4v) is 5.00. The van der Waals surface area contributed by atoms with Gasteiger partial charge < -0.3 is 5.32 Å². The summed E-state index contributed by atoms with van der Waals surface area (Å²) >= 11 is 1.59. The number of amides is 1. The van der Waals surface area contributed by atoms with Crippen molar-refractivity contribution < 1.29 is 13.2 Å². The van der Waals surface area contributed by atoms with Gasteiger partial charge in [-0.3, -0.25) is 9.48 Å². The molecular weight excluding hydrogens is 322 g/mol. The quantitative estimate of drug-likeness (QED) is 0.916. The molecule has 0 spiro atoms. The molecule has 1 aliphatic rings. The topological polar surface area (TPSA) is 81.1 Å². The third kappa shape index (κ3) is 3.07. The van der Waals surface area contributed by atoms with Crippen LogP contribution in [0.15, 0.2) is 23.7 Å². The average molecular weight is 339 g/mol. The highest BCUT2D eigenvalue weighted by Crippen LogP contribution is 2.25. The predicted molar refractivity (Wildman–Crippen MR) is 84.8 cm³/mol. The number of hydrogen-bond donors (Lipinski definition) is 1. The van der Waals surface area contributed by atoms with Crippen LogP contribution in [-0.4, -0.2) is 35.6 Å². The molecule has 0 aliphatic carbocycles. The van der Waals surface area contributed by atoms with Crippen LogP contribution >= 0.6 is 11.3 Å². The van der Waals surface area contributed by atoms with Crippen molar-refractivity contribution in [3.05, 3.63) is 39.8 Å². The van der Waals surface area contributed by atoms with Crippen LogP contribution in [0.1, 0.15) is 33.4 Å². The summed E-state index contributed by atoms with van der Waals surface area (Å²) in [6.45, 7) is 2.29. The molecule has 3 rings (SSSR count). The van der Waals surface area contributed by atoms with Crippen molar-refractivity contribution in [2.24, 2.45) is 0 Å². The summed E-state index contributed by atoms with van der Waals surface area (Å²) in [4.78, 5) is 13.3. The SMILES string of the molecule is Cc1c(C(=O)NCc2cccs2)cnn1[C@H]1CCS(=O)(=O)C1. The molecule has 1 aliphatic heterocycles. The Labute approximate surface area is 133 Å². The number of nitrogens with zero attached hydrogens (tertiary/aromatic N) is 2. The monoisotopic (exact) mass is 339 g/mol. The van der Waals surface area contributed by atoms with Gasteiger partial charge in [0.15, 0.2) is 9.84 Å². The van der Waals surface area contributed by atoms with E-state index in [1.165, 1.54) is 6.20 Å². The van der Waals surface area contributed by atoms with Gasteiger partial charge in [-0.25, -0.2) is 8.42 Å². The lowest BCUT2D eigenvalue weighted by molar-refractivity contribution is 0.0950. The summed E-state index contributed by atoms with van der Waals surface area (Å²) in [6, 6.07) is 3.74. The van der Waals surface area contributed by atoms with Crippen molar-refractivity contribution >= 4 is 27.1 Å². The summed E-state index contributed by atoms with van der Waals surface area (Å²) in [6.07, 6.45) is 2.07. The van der Waals surface area contributed by atoms with E-state index in [4.69, 9.17) is 0 Å². The number of rotatable bonds is 4. The van der Waals surface area contributed by atoms with Gasteiger partial charge in [0.25, 0.3) is 5.91 Å². The highest BCUT2D eigenvalue weighted by atomic mass is 32.2. The molecule has 0 saturated carbocycles. The molecule has 1 amide bonds. The molecule has 0 bridgehead atoms. The molecule has 0 radical (unpaired) electrons. The third-order valence-electron chi connectivity index (χ3n) is 3.85. The van der Waals surface area contributed by atoms with E-state index in [1.807, 2.05) is 17.5 Å². The van der Waals surface area contributed by atoms with Gasteiger partial charge in [0.2, 0.25) is 0 Å². The second kappa shape index (κ2) is 5.85. The van der Waals surface area contributed by atoms with E-state index in [9.17, 15) is 13.2 Å². The third-order valence-corrected chi connectivity index (χ3v) is 6.47. The second-order valence-corrected chi connectivity index (χ2v) is 8.67. The van der Waals surface area contributed by atoms with Crippen LogP contribution in [0.25, 0.3) is 0 Å². The smallest absolute Gasteiger partial charge is 0.255 e. The molecule has 1 fully saturated rings. The maximum Gasteiger partial charge on any atom is 0.255 e. The minimum Gasteiger partial charge on any atom is -0.347 e. The fourth-order valence-electron chi connectivity index (χ4n) is 2.66. The highest BCUT2D eigenvalue weighted by molar-refractivity contribution is 7.91. The van der Waals surface area contributed by atoms with Crippen molar-refractivity contribution in [3.63, 3.8) is 0 Å². The minimum atomic E-state index is -2.97. The lowest BCUT2D eigenvalue weighted by atomic mass is 10.2.